The van der Waals surface area contributed by atoms with Crippen LogP contribution in [0.3, 0.4) is 0 Å². The number of nitrogens with zero attached hydrogens (tertiary/aromatic N) is 1. The van der Waals surface area contributed by atoms with Crippen molar-refractivity contribution in [3.05, 3.63) is 78.0 Å². The standard InChI is InChI=1S/C25H27N/c1-24(2)13-14-25(3,4)22-17-26-23(16-21(22)24)20-12-8-11-19(15-20)18-9-6-5-7-10-18/h5-12,15-17H,13-14H2,1-4H3. The highest BCUT2D eigenvalue weighted by atomic mass is 14.7. The van der Waals surface area contributed by atoms with Crippen LogP contribution < -0.4 is 0 Å². The minimum atomic E-state index is 0.208. The molecule has 132 valence electrons. The fraction of sp³-hybridized carbons (Fsp3) is 0.320. The molecule has 1 aliphatic carbocycles. The summed E-state index contributed by atoms with van der Waals surface area (Å²) in [5, 5.41) is 0. The summed E-state index contributed by atoms with van der Waals surface area (Å²) in [4.78, 5) is 4.86. The average molecular weight is 341 g/mol. The number of rotatable bonds is 2. The average Bonchev–Trinajstić information content (AvgIpc) is 2.66. The zero-order valence-electron chi connectivity index (χ0n) is 16.2. The van der Waals surface area contributed by atoms with E-state index in [4.69, 9.17) is 4.98 Å². The van der Waals surface area contributed by atoms with Crippen LogP contribution in [0.2, 0.25) is 0 Å². The first kappa shape index (κ1) is 17.0. The number of aromatic nitrogens is 1. The Morgan fingerprint density at radius 1 is 0.654 bits per heavy atom. The predicted octanol–water partition coefficient (Wildman–Crippen LogP) is 6.76. The number of fused-ring (bicyclic) bond motifs is 1. The van der Waals surface area contributed by atoms with E-state index in [1.165, 1.54) is 40.7 Å². The molecule has 0 atom stereocenters. The van der Waals surface area contributed by atoms with Crippen molar-refractivity contribution in [1.29, 1.82) is 0 Å². The molecule has 4 rings (SSSR count). The Morgan fingerprint density at radius 2 is 1.27 bits per heavy atom. The molecule has 0 saturated carbocycles. The number of hydrogen-bond donors (Lipinski definition) is 0. The maximum absolute atomic E-state index is 4.86. The minimum Gasteiger partial charge on any atom is -0.256 e. The molecule has 0 radical (unpaired) electrons. The van der Waals surface area contributed by atoms with Crippen LogP contribution >= 0.6 is 0 Å². The lowest BCUT2D eigenvalue weighted by molar-refractivity contribution is 0.331. The molecule has 1 nitrogen and oxygen atoms in total. The van der Waals surface area contributed by atoms with Gasteiger partial charge in [0.25, 0.3) is 0 Å². The Bertz CT molecular complexity index is 935. The van der Waals surface area contributed by atoms with E-state index < -0.39 is 0 Å². The lowest BCUT2D eigenvalue weighted by Gasteiger charge is -2.41. The van der Waals surface area contributed by atoms with E-state index in [0.717, 1.165) is 5.69 Å². The van der Waals surface area contributed by atoms with Crippen molar-refractivity contribution >= 4 is 0 Å². The molecule has 0 spiro atoms. The molecule has 0 aliphatic heterocycles. The molecular weight excluding hydrogens is 314 g/mol. The van der Waals surface area contributed by atoms with Gasteiger partial charge in [-0.3, -0.25) is 4.98 Å². The van der Waals surface area contributed by atoms with Gasteiger partial charge < -0.3 is 0 Å². The molecule has 1 aromatic heterocycles. The van der Waals surface area contributed by atoms with Crippen molar-refractivity contribution < 1.29 is 0 Å². The van der Waals surface area contributed by atoms with Gasteiger partial charge in [0.15, 0.2) is 0 Å². The van der Waals surface area contributed by atoms with E-state index in [-0.39, 0.29) is 10.8 Å². The molecule has 0 amide bonds. The molecule has 1 heterocycles. The van der Waals surface area contributed by atoms with E-state index in [1.807, 2.05) is 0 Å². The van der Waals surface area contributed by atoms with Gasteiger partial charge in [-0.2, -0.15) is 0 Å². The highest BCUT2D eigenvalue weighted by molar-refractivity contribution is 5.72. The highest BCUT2D eigenvalue weighted by Crippen LogP contribution is 2.46. The Labute approximate surface area is 157 Å². The zero-order valence-corrected chi connectivity index (χ0v) is 16.2. The second-order valence-electron chi connectivity index (χ2n) is 8.83. The van der Waals surface area contributed by atoms with Gasteiger partial charge in [-0.05, 0) is 58.1 Å². The van der Waals surface area contributed by atoms with Crippen LogP contribution in [-0.4, -0.2) is 4.98 Å². The van der Waals surface area contributed by atoms with Crippen LogP contribution in [0, 0.1) is 0 Å². The lowest BCUT2D eigenvalue weighted by atomic mass is 9.63. The van der Waals surface area contributed by atoms with Gasteiger partial charge in [-0.15, -0.1) is 0 Å². The third-order valence-corrected chi connectivity index (χ3v) is 6.00. The lowest BCUT2D eigenvalue weighted by Crippen LogP contribution is -2.34. The number of pyridine rings is 1. The summed E-state index contributed by atoms with van der Waals surface area (Å²) in [7, 11) is 0. The summed E-state index contributed by atoms with van der Waals surface area (Å²) in [6, 6.07) is 21.6. The van der Waals surface area contributed by atoms with Crippen molar-refractivity contribution in [2.24, 2.45) is 0 Å². The maximum Gasteiger partial charge on any atom is 0.0705 e. The van der Waals surface area contributed by atoms with Crippen molar-refractivity contribution in [1.82, 2.24) is 4.98 Å². The van der Waals surface area contributed by atoms with Crippen molar-refractivity contribution in [2.75, 3.05) is 0 Å². The van der Waals surface area contributed by atoms with Crippen LogP contribution in [0.25, 0.3) is 22.4 Å². The summed E-state index contributed by atoms with van der Waals surface area (Å²) < 4.78 is 0. The molecular formula is C25H27N. The largest absolute Gasteiger partial charge is 0.256 e. The molecule has 1 heteroatoms. The Morgan fingerprint density at radius 3 is 2.00 bits per heavy atom. The zero-order chi connectivity index (χ0) is 18.4. The SMILES string of the molecule is CC1(C)CCC(C)(C)c2cc(-c3cccc(-c4ccccc4)c3)ncc21. The summed E-state index contributed by atoms with van der Waals surface area (Å²) in [6.07, 6.45) is 4.57. The predicted molar refractivity (Wildman–Crippen MR) is 110 cm³/mol. The van der Waals surface area contributed by atoms with Gasteiger partial charge in [0.05, 0.1) is 5.69 Å². The Hall–Kier alpha value is -2.41. The van der Waals surface area contributed by atoms with Gasteiger partial charge in [0, 0.05) is 11.8 Å². The first-order valence-corrected chi connectivity index (χ1v) is 9.54. The Balaban J connectivity index is 1.81. The maximum atomic E-state index is 4.86. The molecule has 0 fully saturated rings. The van der Waals surface area contributed by atoms with E-state index in [2.05, 4.69) is 94.6 Å². The van der Waals surface area contributed by atoms with Crippen molar-refractivity contribution in [3.8, 4) is 22.4 Å². The summed E-state index contributed by atoms with van der Waals surface area (Å²) in [5.74, 6) is 0. The summed E-state index contributed by atoms with van der Waals surface area (Å²) in [5.41, 5.74) is 8.04. The van der Waals surface area contributed by atoms with Crippen molar-refractivity contribution in [3.63, 3.8) is 0 Å². The fourth-order valence-corrected chi connectivity index (χ4v) is 4.10. The summed E-state index contributed by atoms with van der Waals surface area (Å²) in [6.45, 7) is 9.42. The van der Waals surface area contributed by atoms with Crippen LogP contribution in [-0.2, 0) is 10.8 Å². The quantitative estimate of drug-likeness (QED) is 0.501. The second kappa shape index (κ2) is 6.09. The molecule has 0 N–H and O–H groups in total. The second-order valence-corrected chi connectivity index (χ2v) is 8.83. The van der Waals surface area contributed by atoms with E-state index >= 15 is 0 Å². The van der Waals surface area contributed by atoms with Gasteiger partial charge in [0.2, 0.25) is 0 Å². The van der Waals surface area contributed by atoms with Crippen LogP contribution in [0.15, 0.2) is 66.9 Å². The topological polar surface area (TPSA) is 12.9 Å². The molecule has 1 aliphatic rings. The van der Waals surface area contributed by atoms with Crippen LogP contribution in [0.1, 0.15) is 51.7 Å². The van der Waals surface area contributed by atoms with Crippen molar-refractivity contribution in [2.45, 2.75) is 51.4 Å². The molecule has 26 heavy (non-hydrogen) atoms. The third-order valence-electron chi connectivity index (χ3n) is 6.00. The molecule has 0 saturated heterocycles. The molecule has 3 aromatic rings. The third kappa shape index (κ3) is 2.96. The van der Waals surface area contributed by atoms with Gasteiger partial charge >= 0.3 is 0 Å². The van der Waals surface area contributed by atoms with Crippen LogP contribution in [0.5, 0.6) is 0 Å². The molecule has 0 unspecified atom stereocenters. The number of benzene rings is 2. The smallest absolute Gasteiger partial charge is 0.0705 e. The van der Waals surface area contributed by atoms with Gasteiger partial charge in [0.1, 0.15) is 0 Å². The van der Waals surface area contributed by atoms with E-state index in [9.17, 15) is 0 Å². The normalized spacial score (nSPS) is 17.5. The van der Waals surface area contributed by atoms with E-state index in [1.54, 1.807) is 0 Å². The van der Waals surface area contributed by atoms with Gasteiger partial charge in [-0.25, -0.2) is 0 Å². The fourth-order valence-electron chi connectivity index (χ4n) is 4.10. The van der Waals surface area contributed by atoms with E-state index in [0.29, 0.717) is 0 Å². The monoisotopic (exact) mass is 341 g/mol. The molecule has 2 aromatic carbocycles. The van der Waals surface area contributed by atoms with Crippen LogP contribution in [0.4, 0.5) is 0 Å². The first-order chi connectivity index (χ1) is 12.4. The number of hydrogen-bond acceptors (Lipinski definition) is 1. The first-order valence-electron chi connectivity index (χ1n) is 9.54. The molecule has 0 bridgehead atoms. The highest BCUT2D eigenvalue weighted by Gasteiger charge is 2.37. The Kier molecular flexibility index (Phi) is 3.99. The van der Waals surface area contributed by atoms with Gasteiger partial charge in [-0.1, -0.05) is 76.2 Å². The summed E-state index contributed by atoms with van der Waals surface area (Å²) >= 11 is 0. The minimum absolute atomic E-state index is 0.208.